The molecule has 0 radical (unpaired) electrons. The van der Waals surface area contributed by atoms with Gasteiger partial charge in [0.1, 0.15) is 6.54 Å². The van der Waals surface area contributed by atoms with E-state index >= 15 is 0 Å². The summed E-state index contributed by atoms with van der Waals surface area (Å²) >= 11 is 0. The van der Waals surface area contributed by atoms with Crippen molar-refractivity contribution >= 4 is 35.6 Å². The zero-order valence-corrected chi connectivity index (χ0v) is 15.0. The van der Waals surface area contributed by atoms with E-state index in [4.69, 9.17) is 0 Å². The van der Waals surface area contributed by atoms with Gasteiger partial charge in [-0.15, -0.1) is 34.2 Å². The van der Waals surface area contributed by atoms with Crippen molar-refractivity contribution in [2.45, 2.75) is 39.8 Å². The molecule has 2 heterocycles. The van der Waals surface area contributed by atoms with E-state index in [0.29, 0.717) is 12.6 Å². The molecule has 0 saturated heterocycles. The van der Waals surface area contributed by atoms with Gasteiger partial charge >= 0.3 is 0 Å². The predicted molar refractivity (Wildman–Crippen MR) is 96.1 cm³/mol. The highest BCUT2D eigenvalue weighted by atomic mass is 127. The van der Waals surface area contributed by atoms with Gasteiger partial charge in [0.05, 0.1) is 0 Å². The fourth-order valence-corrected chi connectivity index (χ4v) is 1.80. The molecule has 21 heavy (non-hydrogen) atoms. The number of hydrogen-bond donors (Lipinski definition) is 2. The molecule has 0 aromatic carbocycles. The van der Waals surface area contributed by atoms with Crippen LogP contribution in [0.3, 0.4) is 0 Å². The molecule has 0 amide bonds. The topological polar surface area (TPSA) is 66.6 Å². The van der Waals surface area contributed by atoms with Gasteiger partial charge in [-0.2, -0.15) is 0 Å². The van der Waals surface area contributed by atoms with Crippen molar-refractivity contribution in [1.82, 2.24) is 25.2 Å². The smallest absolute Gasteiger partial charge is 0.191 e. The Balaban J connectivity index is 0.00000220. The SMILES string of the molecule is CCNC(=NCc1nnc2ccccn12)NC(C)CC.I. The number of pyridine rings is 1. The Morgan fingerprint density at radius 1 is 1.33 bits per heavy atom. The molecule has 2 N–H and O–H groups in total. The quantitative estimate of drug-likeness (QED) is 0.457. The van der Waals surface area contributed by atoms with Gasteiger partial charge < -0.3 is 10.6 Å². The first-order chi connectivity index (χ1) is 9.74. The third-order valence-corrected chi connectivity index (χ3v) is 3.10. The van der Waals surface area contributed by atoms with Gasteiger partial charge in [-0.3, -0.25) is 4.40 Å². The number of fused-ring (bicyclic) bond motifs is 1. The Bertz CT molecular complexity index is 580. The molecule has 2 rings (SSSR count). The van der Waals surface area contributed by atoms with E-state index in [1.807, 2.05) is 28.8 Å². The van der Waals surface area contributed by atoms with Crippen LogP contribution in [0.5, 0.6) is 0 Å². The lowest BCUT2D eigenvalue weighted by molar-refractivity contribution is 0.623. The van der Waals surface area contributed by atoms with E-state index < -0.39 is 0 Å². The van der Waals surface area contributed by atoms with Crippen LogP contribution in [-0.2, 0) is 6.54 Å². The summed E-state index contributed by atoms with van der Waals surface area (Å²) < 4.78 is 1.95. The molecule has 0 spiro atoms. The standard InChI is InChI=1S/C14H22N6.HI/c1-4-11(3)17-14(15-5-2)16-10-13-19-18-12-8-6-7-9-20(12)13;/h6-9,11H,4-5,10H2,1-3H3,(H2,15,16,17);1H. The third-order valence-electron chi connectivity index (χ3n) is 3.10. The first-order valence-electron chi connectivity index (χ1n) is 7.08. The molecular weight excluding hydrogens is 379 g/mol. The molecule has 2 aromatic heterocycles. The largest absolute Gasteiger partial charge is 0.357 e. The third kappa shape index (κ3) is 4.83. The molecular formula is C14H23IN6. The number of halogens is 1. The summed E-state index contributed by atoms with van der Waals surface area (Å²) in [6.45, 7) is 7.67. The van der Waals surface area contributed by atoms with Crippen molar-refractivity contribution < 1.29 is 0 Å². The van der Waals surface area contributed by atoms with E-state index in [9.17, 15) is 0 Å². The molecule has 0 bridgehead atoms. The van der Waals surface area contributed by atoms with Crippen molar-refractivity contribution in [3.05, 3.63) is 30.2 Å². The maximum absolute atomic E-state index is 4.57. The van der Waals surface area contributed by atoms with E-state index in [2.05, 4.69) is 46.6 Å². The van der Waals surface area contributed by atoms with Crippen LogP contribution < -0.4 is 10.6 Å². The second kappa shape index (κ2) is 8.81. The molecule has 0 fully saturated rings. The second-order valence-corrected chi connectivity index (χ2v) is 4.69. The highest BCUT2D eigenvalue weighted by Crippen LogP contribution is 2.03. The number of guanidine groups is 1. The summed E-state index contributed by atoms with van der Waals surface area (Å²) in [4.78, 5) is 4.57. The van der Waals surface area contributed by atoms with Gasteiger partial charge in [0.15, 0.2) is 17.4 Å². The monoisotopic (exact) mass is 402 g/mol. The average Bonchev–Trinajstić information content (AvgIpc) is 2.88. The normalized spacial score (nSPS) is 12.8. The Labute approximate surface area is 142 Å². The summed E-state index contributed by atoms with van der Waals surface area (Å²) in [5, 5.41) is 14.9. The molecule has 6 nitrogen and oxygen atoms in total. The predicted octanol–water partition coefficient (Wildman–Crippen LogP) is 2.20. The summed E-state index contributed by atoms with van der Waals surface area (Å²) in [6, 6.07) is 6.24. The number of nitrogens with zero attached hydrogens (tertiary/aromatic N) is 4. The number of nitrogens with one attached hydrogen (secondary N) is 2. The molecule has 116 valence electrons. The maximum Gasteiger partial charge on any atom is 0.191 e. The van der Waals surface area contributed by atoms with E-state index in [1.165, 1.54) is 0 Å². The van der Waals surface area contributed by atoms with Crippen LogP contribution >= 0.6 is 24.0 Å². The van der Waals surface area contributed by atoms with Crippen LogP contribution in [0.25, 0.3) is 5.65 Å². The maximum atomic E-state index is 4.57. The van der Waals surface area contributed by atoms with Crippen molar-refractivity contribution in [2.75, 3.05) is 6.54 Å². The Morgan fingerprint density at radius 2 is 2.14 bits per heavy atom. The zero-order chi connectivity index (χ0) is 14.4. The number of hydrogen-bond acceptors (Lipinski definition) is 3. The summed E-state index contributed by atoms with van der Waals surface area (Å²) in [5.41, 5.74) is 0.845. The summed E-state index contributed by atoms with van der Waals surface area (Å²) in [5.74, 6) is 1.65. The van der Waals surface area contributed by atoms with Gasteiger partial charge in [0, 0.05) is 18.8 Å². The minimum absolute atomic E-state index is 0. The molecule has 1 unspecified atom stereocenters. The first-order valence-corrected chi connectivity index (χ1v) is 7.08. The van der Waals surface area contributed by atoms with Crippen LogP contribution in [0.1, 0.15) is 33.0 Å². The summed E-state index contributed by atoms with van der Waals surface area (Å²) in [6.07, 6.45) is 3.01. The lowest BCUT2D eigenvalue weighted by atomic mass is 10.3. The fraction of sp³-hybridized carbons (Fsp3) is 0.500. The molecule has 0 aliphatic heterocycles. The molecule has 2 aromatic rings. The second-order valence-electron chi connectivity index (χ2n) is 4.69. The zero-order valence-electron chi connectivity index (χ0n) is 12.7. The first kappa shape index (κ1) is 17.7. The van der Waals surface area contributed by atoms with Crippen LogP contribution in [0.15, 0.2) is 29.4 Å². The van der Waals surface area contributed by atoms with Crippen molar-refractivity contribution in [1.29, 1.82) is 0 Å². The minimum Gasteiger partial charge on any atom is -0.357 e. The Kier molecular flexibility index (Phi) is 7.41. The van der Waals surface area contributed by atoms with E-state index in [1.54, 1.807) is 0 Å². The Morgan fingerprint density at radius 3 is 2.86 bits per heavy atom. The lowest BCUT2D eigenvalue weighted by Gasteiger charge is -2.15. The van der Waals surface area contributed by atoms with Crippen molar-refractivity contribution in [3.63, 3.8) is 0 Å². The Hall–Kier alpha value is -1.38. The van der Waals surface area contributed by atoms with Gasteiger partial charge in [0.2, 0.25) is 0 Å². The van der Waals surface area contributed by atoms with Crippen LogP contribution in [0, 0.1) is 0 Å². The lowest BCUT2D eigenvalue weighted by Crippen LogP contribution is -2.42. The number of aromatic nitrogens is 3. The van der Waals surface area contributed by atoms with Gasteiger partial charge in [0.25, 0.3) is 0 Å². The van der Waals surface area contributed by atoms with Crippen molar-refractivity contribution in [2.24, 2.45) is 4.99 Å². The van der Waals surface area contributed by atoms with Crippen LogP contribution in [0.4, 0.5) is 0 Å². The van der Waals surface area contributed by atoms with Crippen LogP contribution in [0.2, 0.25) is 0 Å². The average molecular weight is 402 g/mol. The molecule has 0 saturated carbocycles. The number of aliphatic imine (C=N–C) groups is 1. The number of rotatable bonds is 5. The summed E-state index contributed by atoms with van der Waals surface area (Å²) in [7, 11) is 0. The van der Waals surface area contributed by atoms with Gasteiger partial charge in [-0.1, -0.05) is 13.0 Å². The fourth-order valence-electron chi connectivity index (χ4n) is 1.80. The van der Waals surface area contributed by atoms with Gasteiger partial charge in [-0.25, -0.2) is 4.99 Å². The molecule has 0 aliphatic rings. The highest BCUT2D eigenvalue weighted by molar-refractivity contribution is 14.0. The van der Waals surface area contributed by atoms with Crippen molar-refractivity contribution in [3.8, 4) is 0 Å². The van der Waals surface area contributed by atoms with E-state index in [0.717, 1.165) is 30.4 Å². The van der Waals surface area contributed by atoms with E-state index in [-0.39, 0.29) is 24.0 Å². The highest BCUT2D eigenvalue weighted by Gasteiger charge is 2.06. The minimum atomic E-state index is 0. The molecule has 7 heteroatoms. The molecule has 0 aliphatic carbocycles. The van der Waals surface area contributed by atoms with Crippen LogP contribution in [-0.4, -0.2) is 33.1 Å². The van der Waals surface area contributed by atoms with Gasteiger partial charge in [-0.05, 0) is 32.4 Å². The molecule has 1 atom stereocenters.